The molecule has 1 aromatic rings. The van der Waals surface area contributed by atoms with Crippen molar-refractivity contribution in [2.24, 2.45) is 28.1 Å². The molecule has 0 radical (unpaired) electrons. The van der Waals surface area contributed by atoms with E-state index in [2.05, 4.69) is 0 Å². The molecule has 8 unspecified atom stereocenters. The van der Waals surface area contributed by atoms with E-state index >= 15 is 4.39 Å². The zero-order valence-corrected chi connectivity index (χ0v) is 22.8. The van der Waals surface area contributed by atoms with Gasteiger partial charge >= 0.3 is 0 Å². The van der Waals surface area contributed by atoms with Crippen LogP contribution in [-0.4, -0.2) is 70.2 Å². The van der Waals surface area contributed by atoms with E-state index in [0.717, 1.165) is 6.08 Å². The van der Waals surface area contributed by atoms with Gasteiger partial charge in [0.05, 0.1) is 16.4 Å². The molecule has 3 fully saturated rings. The highest BCUT2D eigenvalue weighted by atomic mass is 32.1. The van der Waals surface area contributed by atoms with E-state index in [1.807, 2.05) is 19.2 Å². The fourth-order valence-corrected chi connectivity index (χ4v) is 8.84. The summed E-state index contributed by atoms with van der Waals surface area (Å²) in [6.45, 7) is 5.07. The molecule has 3 aliphatic carbocycles. The topological polar surface area (TPSA) is 94.9 Å². The highest BCUT2D eigenvalue weighted by Gasteiger charge is 2.70. The van der Waals surface area contributed by atoms with Crippen LogP contribution in [0, 0.1) is 28.1 Å². The smallest absolute Gasteiger partial charge is 0.263 e. The number of aliphatic hydroxyl groups excluding tert-OH is 2. The third-order valence-corrected chi connectivity index (χ3v) is 11.4. The Morgan fingerprint density at radius 2 is 2.05 bits per heavy atom. The van der Waals surface area contributed by atoms with Crippen LogP contribution in [0.1, 0.15) is 56.1 Å². The number of hydrogen-bond acceptors (Lipinski definition) is 6. The van der Waals surface area contributed by atoms with Crippen LogP contribution in [0.4, 0.5) is 8.78 Å². The molecule has 38 heavy (non-hydrogen) atoms. The number of thiophene rings is 1. The van der Waals surface area contributed by atoms with Crippen molar-refractivity contribution < 1.29 is 33.4 Å². The van der Waals surface area contributed by atoms with Gasteiger partial charge in [-0.05, 0) is 79.0 Å². The third kappa shape index (κ3) is 3.57. The van der Waals surface area contributed by atoms with Gasteiger partial charge in [0.25, 0.3) is 5.91 Å². The van der Waals surface area contributed by atoms with Crippen LogP contribution in [0.3, 0.4) is 0 Å². The van der Waals surface area contributed by atoms with Crippen LogP contribution in [0.15, 0.2) is 41.3 Å². The Hall–Kier alpha value is -2.23. The van der Waals surface area contributed by atoms with E-state index in [-0.39, 0.29) is 49.1 Å². The van der Waals surface area contributed by atoms with Crippen molar-refractivity contribution in [2.45, 2.75) is 64.4 Å². The summed E-state index contributed by atoms with van der Waals surface area (Å²) in [5.41, 5.74) is -5.84. The molecule has 5 rings (SSSR count). The molecule has 1 aliphatic heterocycles. The Balaban J connectivity index is 1.51. The van der Waals surface area contributed by atoms with Crippen molar-refractivity contribution in [2.75, 3.05) is 19.7 Å². The molecule has 206 valence electrons. The quantitative estimate of drug-likeness (QED) is 0.560. The number of amides is 1. The van der Waals surface area contributed by atoms with Crippen molar-refractivity contribution in [3.05, 3.63) is 46.2 Å². The highest BCUT2D eigenvalue weighted by Crippen LogP contribution is 2.66. The Morgan fingerprint density at radius 1 is 1.32 bits per heavy atom. The van der Waals surface area contributed by atoms with Gasteiger partial charge in [0.15, 0.2) is 11.6 Å². The summed E-state index contributed by atoms with van der Waals surface area (Å²) < 4.78 is 32.0. The minimum atomic E-state index is -2.27. The van der Waals surface area contributed by atoms with Crippen LogP contribution >= 0.6 is 11.3 Å². The first-order valence-corrected chi connectivity index (χ1v) is 14.2. The SMILES string of the molecule is CC1CC2CN(C(=O)c3cccs3)CC2(C(=O)CO)C1(C)CC(O)C1(F)CCC(F)C2=CC(=O)C=CC21C. The number of rotatable bonds is 6. The Morgan fingerprint density at radius 3 is 2.71 bits per heavy atom. The minimum absolute atomic E-state index is 0.0371. The molecule has 1 aromatic heterocycles. The minimum Gasteiger partial charge on any atom is -0.390 e. The van der Waals surface area contributed by atoms with Gasteiger partial charge in [0.2, 0.25) is 0 Å². The number of fused-ring (bicyclic) bond motifs is 2. The molecule has 2 N–H and O–H groups in total. The molecule has 9 heteroatoms. The molecule has 0 spiro atoms. The van der Waals surface area contributed by atoms with Gasteiger partial charge in [-0.1, -0.05) is 26.0 Å². The molecular formula is C29H35F2NO5S. The maximum absolute atomic E-state index is 17.1. The van der Waals surface area contributed by atoms with Gasteiger partial charge < -0.3 is 15.1 Å². The Kier molecular flexibility index (Phi) is 6.60. The number of nitrogens with zero attached hydrogens (tertiary/aromatic N) is 1. The molecule has 6 nitrogen and oxygen atoms in total. The number of alkyl halides is 2. The zero-order valence-electron chi connectivity index (χ0n) is 22.0. The zero-order chi connectivity index (χ0) is 27.7. The van der Waals surface area contributed by atoms with Crippen molar-refractivity contribution in [3.63, 3.8) is 0 Å². The van der Waals surface area contributed by atoms with E-state index in [1.54, 1.807) is 17.0 Å². The summed E-state index contributed by atoms with van der Waals surface area (Å²) in [5.74, 6) is -1.35. The second kappa shape index (κ2) is 9.17. The van der Waals surface area contributed by atoms with Crippen molar-refractivity contribution in [3.8, 4) is 0 Å². The van der Waals surface area contributed by atoms with Crippen LogP contribution in [0.2, 0.25) is 0 Å². The standard InChI is InChI=1S/C29H35F2NO5S/c1-17-11-18-14-32(25(37)22-5-4-10-38-22)16-28(18,24(36)15-33)27(17,3)13-23(35)29(31)9-7-21(30)20-12-19(34)6-8-26(20,29)2/h4-6,8,10,12,17-18,21,23,33,35H,7,9,11,13-16H2,1-3H3. The molecule has 1 amide bonds. The molecule has 1 saturated heterocycles. The van der Waals surface area contributed by atoms with E-state index in [9.17, 15) is 29.0 Å². The van der Waals surface area contributed by atoms with Crippen LogP contribution < -0.4 is 0 Å². The number of carbonyl (C=O) groups excluding carboxylic acids is 3. The predicted molar refractivity (Wildman–Crippen MR) is 139 cm³/mol. The van der Waals surface area contributed by atoms with Gasteiger partial charge in [-0.25, -0.2) is 8.78 Å². The Labute approximate surface area is 225 Å². The summed E-state index contributed by atoms with van der Waals surface area (Å²) in [5, 5.41) is 23.5. The number of likely N-dealkylation sites (tertiary alicyclic amines) is 1. The molecule has 0 aromatic carbocycles. The number of allylic oxidation sites excluding steroid dienone is 4. The first kappa shape index (κ1) is 27.3. The van der Waals surface area contributed by atoms with E-state index in [0.29, 0.717) is 17.8 Å². The molecule has 0 bridgehead atoms. The van der Waals surface area contributed by atoms with Crippen molar-refractivity contribution >= 4 is 28.8 Å². The average molecular weight is 548 g/mol. The van der Waals surface area contributed by atoms with E-state index in [4.69, 9.17) is 0 Å². The van der Waals surface area contributed by atoms with Gasteiger partial charge in [-0.15, -0.1) is 11.3 Å². The lowest BCUT2D eigenvalue weighted by Crippen LogP contribution is -2.60. The maximum Gasteiger partial charge on any atom is 0.263 e. The predicted octanol–water partition coefficient (Wildman–Crippen LogP) is 4.08. The highest BCUT2D eigenvalue weighted by molar-refractivity contribution is 7.12. The number of carbonyl (C=O) groups is 3. The maximum atomic E-state index is 17.1. The first-order chi connectivity index (χ1) is 17.8. The van der Waals surface area contributed by atoms with Crippen LogP contribution in [0.25, 0.3) is 0 Å². The largest absolute Gasteiger partial charge is 0.390 e. The van der Waals surface area contributed by atoms with Crippen LogP contribution in [0.5, 0.6) is 0 Å². The third-order valence-electron chi connectivity index (χ3n) is 10.6. The van der Waals surface area contributed by atoms with Gasteiger partial charge in [-0.3, -0.25) is 14.4 Å². The first-order valence-electron chi connectivity index (χ1n) is 13.3. The van der Waals surface area contributed by atoms with E-state index in [1.165, 1.54) is 30.4 Å². The summed E-state index contributed by atoms with van der Waals surface area (Å²) in [4.78, 5) is 41.0. The van der Waals surface area contributed by atoms with Gasteiger partial charge in [-0.2, -0.15) is 0 Å². The van der Waals surface area contributed by atoms with Gasteiger partial charge in [0, 0.05) is 18.5 Å². The summed E-state index contributed by atoms with van der Waals surface area (Å²) in [7, 11) is 0. The lowest BCUT2D eigenvalue weighted by atomic mass is 9.53. The second-order valence-electron chi connectivity index (χ2n) is 12.1. The number of halogens is 2. The number of Topliss-reactive ketones (excluding diaryl/α,β-unsaturated/α-hetero) is 1. The second-order valence-corrected chi connectivity index (χ2v) is 13.0. The van der Waals surface area contributed by atoms with Crippen molar-refractivity contribution in [1.29, 1.82) is 0 Å². The summed E-state index contributed by atoms with van der Waals surface area (Å²) in [6, 6.07) is 3.52. The normalized spacial score (nSPS) is 41.0. The fourth-order valence-electron chi connectivity index (χ4n) is 8.15. The molecule has 8 atom stereocenters. The lowest BCUT2D eigenvalue weighted by Gasteiger charge is -2.53. The number of hydrogen-bond donors (Lipinski definition) is 2. The molecule has 2 saturated carbocycles. The molecular weight excluding hydrogens is 512 g/mol. The van der Waals surface area contributed by atoms with Crippen molar-refractivity contribution in [1.82, 2.24) is 4.90 Å². The van der Waals surface area contributed by atoms with E-state index < -0.39 is 52.4 Å². The molecule has 4 aliphatic rings. The Bertz CT molecular complexity index is 1220. The summed E-state index contributed by atoms with van der Waals surface area (Å²) >= 11 is 1.32. The number of ketones is 2. The summed E-state index contributed by atoms with van der Waals surface area (Å²) in [6.07, 6.45) is 0.773. The monoisotopic (exact) mass is 547 g/mol. The van der Waals surface area contributed by atoms with Crippen LogP contribution in [-0.2, 0) is 9.59 Å². The average Bonchev–Trinajstić information content (AvgIpc) is 3.59. The number of aliphatic hydroxyl groups is 2. The molecule has 2 heterocycles. The lowest BCUT2D eigenvalue weighted by molar-refractivity contribution is -0.149. The fraction of sp³-hybridized carbons (Fsp3) is 0.621. The van der Waals surface area contributed by atoms with Gasteiger partial charge in [0.1, 0.15) is 18.4 Å².